The molecule has 0 radical (unpaired) electrons. The smallest absolute Gasteiger partial charge is 0.130 e. The van der Waals surface area contributed by atoms with E-state index in [2.05, 4.69) is 58.8 Å². The average molecular weight is 408 g/mol. The molecule has 2 heterocycles. The van der Waals surface area contributed by atoms with Crippen LogP contribution >= 0.6 is 0 Å². The van der Waals surface area contributed by atoms with Gasteiger partial charge >= 0.3 is 0 Å². The van der Waals surface area contributed by atoms with E-state index in [1.807, 2.05) is 45.0 Å². The summed E-state index contributed by atoms with van der Waals surface area (Å²) in [7, 11) is 0. The molecule has 0 saturated carbocycles. The van der Waals surface area contributed by atoms with Gasteiger partial charge < -0.3 is 10.1 Å². The topological polar surface area (TPSA) is 64.9 Å². The molecule has 0 aliphatic heterocycles. The minimum absolute atomic E-state index is 0.137. The predicted molar refractivity (Wildman–Crippen MR) is 121 cm³/mol. The third-order valence-corrected chi connectivity index (χ3v) is 5.35. The van der Waals surface area contributed by atoms with Gasteiger partial charge in [0.2, 0.25) is 0 Å². The van der Waals surface area contributed by atoms with Crippen LogP contribution in [0, 0.1) is 27.7 Å². The van der Waals surface area contributed by atoms with Crippen molar-refractivity contribution in [3.8, 4) is 5.75 Å². The highest BCUT2D eigenvalue weighted by Crippen LogP contribution is 2.23. The number of nitrogens with zero attached hydrogens (tertiary/aromatic N) is 4. The van der Waals surface area contributed by atoms with Crippen molar-refractivity contribution in [1.82, 2.24) is 19.7 Å². The Hall–Kier alpha value is -2.89. The Morgan fingerprint density at radius 2 is 1.77 bits per heavy atom. The average Bonchev–Trinajstić information content (AvgIpc) is 2.93. The third kappa shape index (κ3) is 5.17. The lowest BCUT2D eigenvalue weighted by molar-refractivity contribution is 0.240. The number of aryl methyl sites for hydroxylation is 2. The number of ether oxygens (including phenoxy) is 1. The number of aromatic nitrogens is 4. The fourth-order valence-electron chi connectivity index (χ4n) is 3.46. The molecule has 3 rings (SSSR count). The van der Waals surface area contributed by atoms with E-state index in [9.17, 15) is 0 Å². The molecular weight excluding hydrogens is 374 g/mol. The van der Waals surface area contributed by atoms with Gasteiger partial charge in [0.25, 0.3) is 0 Å². The third-order valence-electron chi connectivity index (χ3n) is 5.35. The van der Waals surface area contributed by atoms with Crippen LogP contribution in [0.15, 0.2) is 30.3 Å². The number of rotatable bonds is 8. The molecular formula is C24H33N5O. The van der Waals surface area contributed by atoms with Crippen LogP contribution in [0.25, 0.3) is 0 Å². The predicted octanol–water partition coefficient (Wildman–Crippen LogP) is 5.11. The van der Waals surface area contributed by atoms with Crippen LogP contribution in [0.4, 0.5) is 5.82 Å². The number of hydrogen-bond donors (Lipinski definition) is 1. The Bertz CT molecular complexity index is 1010. The summed E-state index contributed by atoms with van der Waals surface area (Å²) in [4.78, 5) is 9.26. The lowest BCUT2D eigenvalue weighted by Gasteiger charge is -2.16. The molecule has 0 bridgehead atoms. The first-order valence-corrected chi connectivity index (χ1v) is 10.6. The Labute approximate surface area is 179 Å². The van der Waals surface area contributed by atoms with Crippen molar-refractivity contribution in [3.05, 3.63) is 64.4 Å². The van der Waals surface area contributed by atoms with Gasteiger partial charge in [-0.25, -0.2) is 9.97 Å². The van der Waals surface area contributed by atoms with Gasteiger partial charge in [-0.2, -0.15) is 5.10 Å². The van der Waals surface area contributed by atoms with Crippen LogP contribution in [-0.4, -0.2) is 25.9 Å². The second-order valence-corrected chi connectivity index (χ2v) is 8.23. The molecule has 3 aromatic rings. The molecule has 0 unspecified atom stereocenters. The van der Waals surface area contributed by atoms with Crippen LogP contribution in [0.3, 0.4) is 0 Å². The first kappa shape index (κ1) is 21.8. The zero-order valence-electron chi connectivity index (χ0n) is 19.2. The Kier molecular flexibility index (Phi) is 6.75. The van der Waals surface area contributed by atoms with Crippen molar-refractivity contribution in [2.24, 2.45) is 0 Å². The quantitative estimate of drug-likeness (QED) is 0.562. The van der Waals surface area contributed by atoms with E-state index in [-0.39, 0.29) is 12.0 Å². The molecule has 0 aliphatic carbocycles. The van der Waals surface area contributed by atoms with Gasteiger partial charge in [-0.3, -0.25) is 4.68 Å². The Morgan fingerprint density at radius 3 is 2.43 bits per heavy atom. The molecule has 0 spiro atoms. The molecule has 0 amide bonds. The summed E-state index contributed by atoms with van der Waals surface area (Å²) >= 11 is 0. The minimum atomic E-state index is 0.137. The minimum Gasteiger partial charge on any atom is -0.491 e. The fourth-order valence-corrected chi connectivity index (χ4v) is 3.46. The van der Waals surface area contributed by atoms with Gasteiger partial charge in [0.05, 0.1) is 17.5 Å². The molecule has 0 saturated heterocycles. The monoisotopic (exact) mass is 407 g/mol. The van der Waals surface area contributed by atoms with E-state index < -0.39 is 0 Å². The van der Waals surface area contributed by atoms with E-state index in [0.29, 0.717) is 6.54 Å². The summed E-state index contributed by atoms with van der Waals surface area (Å²) in [5.41, 5.74) is 5.68. The second kappa shape index (κ2) is 9.28. The van der Waals surface area contributed by atoms with Gasteiger partial charge in [0.15, 0.2) is 0 Å². The summed E-state index contributed by atoms with van der Waals surface area (Å²) in [6.45, 7) is 15.9. The summed E-state index contributed by atoms with van der Waals surface area (Å²) in [6, 6.07) is 10.2. The van der Waals surface area contributed by atoms with E-state index in [1.54, 1.807) is 0 Å². The largest absolute Gasteiger partial charge is 0.491 e. The van der Waals surface area contributed by atoms with Crippen LogP contribution in [-0.2, 0) is 13.1 Å². The van der Waals surface area contributed by atoms with Crippen molar-refractivity contribution < 1.29 is 4.74 Å². The SMILES string of the molecule is Cc1nc(NCc2ccccc2OC(C)C)cc([C@@H](C)Cn2nc(C)c(C)c2C)n1. The van der Waals surface area contributed by atoms with E-state index >= 15 is 0 Å². The lowest BCUT2D eigenvalue weighted by Crippen LogP contribution is -2.13. The van der Waals surface area contributed by atoms with E-state index in [4.69, 9.17) is 4.74 Å². The maximum absolute atomic E-state index is 5.93. The zero-order chi connectivity index (χ0) is 21.8. The highest BCUT2D eigenvalue weighted by Gasteiger charge is 2.15. The molecule has 1 atom stereocenters. The first-order chi connectivity index (χ1) is 14.2. The number of benzene rings is 1. The summed E-state index contributed by atoms with van der Waals surface area (Å²) < 4.78 is 8.01. The van der Waals surface area contributed by atoms with Crippen LogP contribution in [0.2, 0.25) is 0 Å². The Morgan fingerprint density at radius 1 is 1.03 bits per heavy atom. The van der Waals surface area contributed by atoms with Crippen molar-refractivity contribution in [2.75, 3.05) is 5.32 Å². The molecule has 0 fully saturated rings. The van der Waals surface area contributed by atoms with Gasteiger partial charge in [0, 0.05) is 36.3 Å². The summed E-state index contributed by atoms with van der Waals surface area (Å²) in [5.74, 6) is 2.71. The maximum Gasteiger partial charge on any atom is 0.130 e. The van der Waals surface area contributed by atoms with Crippen LogP contribution < -0.4 is 10.1 Å². The molecule has 1 aromatic carbocycles. The summed E-state index contributed by atoms with van der Waals surface area (Å²) in [6.07, 6.45) is 0.137. The summed E-state index contributed by atoms with van der Waals surface area (Å²) in [5, 5.41) is 8.12. The number of anilines is 1. The number of para-hydroxylation sites is 1. The zero-order valence-corrected chi connectivity index (χ0v) is 19.2. The standard InChI is InChI=1S/C24H33N5O/c1-15(2)30-23-11-9-8-10-21(23)13-25-24-12-22(26-20(7)27-24)16(3)14-29-19(6)17(4)18(5)28-29/h8-12,15-16H,13-14H2,1-7H3,(H,25,26,27)/t16-/m0/s1. The molecule has 1 N–H and O–H groups in total. The van der Waals surface area contributed by atoms with Crippen molar-refractivity contribution in [1.29, 1.82) is 0 Å². The molecule has 30 heavy (non-hydrogen) atoms. The van der Waals surface area contributed by atoms with Gasteiger partial charge in [-0.1, -0.05) is 25.1 Å². The lowest BCUT2D eigenvalue weighted by atomic mass is 10.1. The first-order valence-electron chi connectivity index (χ1n) is 10.6. The highest BCUT2D eigenvalue weighted by molar-refractivity contribution is 5.41. The Balaban J connectivity index is 1.75. The van der Waals surface area contributed by atoms with Crippen molar-refractivity contribution in [3.63, 3.8) is 0 Å². The maximum atomic E-state index is 5.93. The molecule has 0 aliphatic rings. The molecule has 2 aromatic heterocycles. The fraction of sp³-hybridized carbons (Fsp3) is 0.458. The number of hydrogen-bond acceptors (Lipinski definition) is 5. The van der Waals surface area contributed by atoms with Crippen LogP contribution in [0.1, 0.15) is 60.7 Å². The number of nitrogens with one attached hydrogen (secondary N) is 1. The second-order valence-electron chi connectivity index (χ2n) is 8.23. The van der Waals surface area contributed by atoms with Gasteiger partial charge in [-0.05, 0) is 53.2 Å². The highest BCUT2D eigenvalue weighted by atomic mass is 16.5. The van der Waals surface area contributed by atoms with Crippen molar-refractivity contribution in [2.45, 2.75) is 73.6 Å². The van der Waals surface area contributed by atoms with Gasteiger partial charge in [-0.15, -0.1) is 0 Å². The normalized spacial score (nSPS) is 12.3. The van der Waals surface area contributed by atoms with Crippen molar-refractivity contribution >= 4 is 5.82 Å². The molecule has 6 nitrogen and oxygen atoms in total. The van der Waals surface area contributed by atoms with E-state index in [0.717, 1.165) is 40.9 Å². The van der Waals surface area contributed by atoms with Crippen LogP contribution in [0.5, 0.6) is 5.75 Å². The molecule has 6 heteroatoms. The van der Waals surface area contributed by atoms with E-state index in [1.165, 1.54) is 11.3 Å². The molecule has 160 valence electrons. The van der Waals surface area contributed by atoms with Gasteiger partial charge in [0.1, 0.15) is 17.4 Å².